The molecule has 8 heteroatoms. The van der Waals surface area contributed by atoms with E-state index in [1.54, 1.807) is 36.4 Å². The summed E-state index contributed by atoms with van der Waals surface area (Å²) in [5.74, 6) is -0.793. The van der Waals surface area contributed by atoms with Crippen LogP contribution in [0.1, 0.15) is 36.5 Å². The molecular formula is C22H25Cl2N3O3. The number of benzene rings is 2. The molecule has 160 valence electrons. The number of amides is 2. The van der Waals surface area contributed by atoms with E-state index < -0.39 is 17.6 Å². The van der Waals surface area contributed by atoms with Gasteiger partial charge in [-0.2, -0.15) is 0 Å². The summed E-state index contributed by atoms with van der Waals surface area (Å²) in [5, 5.41) is 14.8. The summed E-state index contributed by atoms with van der Waals surface area (Å²) in [7, 11) is 0. The van der Waals surface area contributed by atoms with Gasteiger partial charge in [-0.3, -0.25) is 9.59 Å². The summed E-state index contributed by atoms with van der Waals surface area (Å²) in [6.45, 7) is 2.42. The molecule has 0 aromatic heterocycles. The van der Waals surface area contributed by atoms with Gasteiger partial charge in [0.15, 0.2) is 5.60 Å². The van der Waals surface area contributed by atoms with Crippen LogP contribution in [-0.2, 0) is 28.3 Å². The molecule has 30 heavy (non-hydrogen) atoms. The van der Waals surface area contributed by atoms with Crippen molar-refractivity contribution in [3.63, 3.8) is 0 Å². The highest BCUT2D eigenvalue weighted by Crippen LogP contribution is 2.29. The SMILES string of the molecule is CC(O)(C(=O)N1CCCC1C(=O)NCc1cc(Cl)ccc1CN)c1cccc(Cl)c1. The van der Waals surface area contributed by atoms with Gasteiger partial charge in [0.25, 0.3) is 5.91 Å². The predicted octanol–water partition coefficient (Wildman–Crippen LogP) is 2.97. The number of nitrogens with zero attached hydrogens (tertiary/aromatic N) is 1. The summed E-state index contributed by atoms with van der Waals surface area (Å²) in [6.07, 6.45) is 1.21. The quantitative estimate of drug-likeness (QED) is 0.631. The highest BCUT2D eigenvalue weighted by atomic mass is 35.5. The van der Waals surface area contributed by atoms with Crippen molar-refractivity contribution in [1.82, 2.24) is 10.2 Å². The van der Waals surface area contributed by atoms with Gasteiger partial charge >= 0.3 is 0 Å². The lowest BCUT2D eigenvalue weighted by molar-refractivity contribution is -0.154. The third-order valence-electron chi connectivity index (χ3n) is 5.46. The van der Waals surface area contributed by atoms with Crippen LogP contribution in [0.15, 0.2) is 42.5 Å². The van der Waals surface area contributed by atoms with Crippen molar-refractivity contribution in [2.75, 3.05) is 6.54 Å². The Labute approximate surface area is 186 Å². The number of carbonyl (C=O) groups is 2. The predicted molar refractivity (Wildman–Crippen MR) is 117 cm³/mol. The van der Waals surface area contributed by atoms with Gasteiger partial charge in [-0.25, -0.2) is 0 Å². The minimum absolute atomic E-state index is 0.259. The molecule has 1 aliphatic rings. The second-order valence-electron chi connectivity index (χ2n) is 7.57. The minimum Gasteiger partial charge on any atom is -0.376 e. The topological polar surface area (TPSA) is 95.7 Å². The average Bonchev–Trinajstić information content (AvgIpc) is 3.21. The molecule has 0 saturated carbocycles. The van der Waals surface area contributed by atoms with E-state index in [4.69, 9.17) is 28.9 Å². The van der Waals surface area contributed by atoms with Gasteiger partial charge in [-0.05, 0) is 60.7 Å². The molecule has 1 saturated heterocycles. The molecule has 0 aliphatic carbocycles. The van der Waals surface area contributed by atoms with Crippen molar-refractivity contribution in [2.24, 2.45) is 5.73 Å². The third-order valence-corrected chi connectivity index (χ3v) is 5.93. The molecule has 2 aromatic rings. The summed E-state index contributed by atoms with van der Waals surface area (Å²) < 4.78 is 0. The third kappa shape index (κ3) is 4.78. The highest BCUT2D eigenvalue weighted by Gasteiger charge is 2.43. The normalized spacial score (nSPS) is 18.2. The minimum atomic E-state index is -1.78. The van der Waals surface area contributed by atoms with Crippen molar-refractivity contribution in [1.29, 1.82) is 0 Å². The fraction of sp³-hybridized carbons (Fsp3) is 0.364. The summed E-state index contributed by atoms with van der Waals surface area (Å²) in [5.41, 5.74) is 6.09. The van der Waals surface area contributed by atoms with Gasteiger partial charge in [-0.1, -0.05) is 41.4 Å². The molecule has 2 amide bonds. The van der Waals surface area contributed by atoms with E-state index in [0.29, 0.717) is 41.5 Å². The smallest absolute Gasteiger partial charge is 0.259 e. The van der Waals surface area contributed by atoms with Crippen LogP contribution in [0.4, 0.5) is 0 Å². The maximum absolute atomic E-state index is 13.1. The van der Waals surface area contributed by atoms with Crippen molar-refractivity contribution in [2.45, 2.75) is 44.5 Å². The molecule has 2 unspecified atom stereocenters. The molecule has 3 rings (SSSR count). The monoisotopic (exact) mass is 449 g/mol. The van der Waals surface area contributed by atoms with Crippen LogP contribution < -0.4 is 11.1 Å². The van der Waals surface area contributed by atoms with E-state index in [1.807, 2.05) is 6.07 Å². The molecule has 0 spiro atoms. The zero-order valence-corrected chi connectivity index (χ0v) is 18.2. The Morgan fingerprint density at radius 2 is 1.93 bits per heavy atom. The van der Waals surface area contributed by atoms with Crippen LogP contribution in [0.5, 0.6) is 0 Å². The Kier molecular flexibility index (Phi) is 7.03. The lowest BCUT2D eigenvalue weighted by atomic mass is 9.94. The number of hydrogen-bond donors (Lipinski definition) is 3. The Morgan fingerprint density at radius 1 is 1.20 bits per heavy atom. The van der Waals surface area contributed by atoms with E-state index in [0.717, 1.165) is 11.1 Å². The second kappa shape index (κ2) is 9.35. The lowest BCUT2D eigenvalue weighted by Gasteiger charge is -2.32. The van der Waals surface area contributed by atoms with Gasteiger partial charge in [0.1, 0.15) is 6.04 Å². The number of hydrogen-bond acceptors (Lipinski definition) is 4. The van der Waals surface area contributed by atoms with E-state index >= 15 is 0 Å². The molecule has 4 N–H and O–H groups in total. The number of nitrogens with two attached hydrogens (primary N) is 1. The van der Waals surface area contributed by atoms with Crippen molar-refractivity contribution < 1.29 is 14.7 Å². The summed E-state index contributed by atoms with van der Waals surface area (Å²) in [6, 6.07) is 11.2. The number of aliphatic hydroxyl groups is 1. The Hall–Kier alpha value is -2.12. The van der Waals surface area contributed by atoms with Crippen LogP contribution in [0.3, 0.4) is 0 Å². The van der Waals surface area contributed by atoms with Crippen molar-refractivity contribution >= 4 is 35.0 Å². The van der Waals surface area contributed by atoms with Crippen LogP contribution in [0, 0.1) is 0 Å². The lowest BCUT2D eigenvalue weighted by Crippen LogP contribution is -2.52. The Morgan fingerprint density at radius 3 is 2.63 bits per heavy atom. The molecule has 0 radical (unpaired) electrons. The molecule has 2 atom stereocenters. The average molecular weight is 450 g/mol. The fourth-order valence-electron chi connectivity index (χ4n) is 3.74. The van der Waals surface area contributed by atoms with Crippen LogP contribution >= 0.6 is 23.2 Å². The largest absolute Gasteiger partial charge is 0.376 e. The molecular weight excluding hydrogens is 425 g/mol. The van der Waals surface area contributed by atoms with E-state index in [9.17, 15) is 14.7 Å². The molecule has 1 fully saturated rings. The highest BCUT2D eigenvalue weighted by molar-refractivity contribution is 6.31. The summed E-state index contributed by atoms with van der Waals surface area (Å²) >= 11 is 12.1. The van der Waals surface area contributed by atoms with Crippen LogP contribution in [0.25, 0.3) is 0 Å². The van der Waals surface area contributed by atoms with Crippen molar-refractivity contribution in [3.8, 4) is 0 Å². The van der Waals surface area contributed by atoms with Crippen molar-refractivity contribution in [3.05, 3.63) is 69.2 Å². The maximum atomic E-state index is 13.1. The Balaban J connectivity index is 1.72. The first-order valence-electron chi connectivity index (χ1n) is 9.78. The fourth-order valence-corrected chi connectivity index (χ4v) is 4.12. The standard InChI is InChI=1S/C22H25Cl2N3O3/c1-22(30,16-4-2-5-17(23)11-16)21(29)27-9-3-6-19(27)20(28)26-13-15-10-18(24)8-7-14(15)12-25/h2,4-5,7-8,10-11,19,30H,3,6,9,12-13,25H2,1H3,(H,26,28). The van der Waals surface area contributed by atoms with Gasteiger partial charge in [-0.15, -0.1) is 0 Å². The van der Waals surface area contributed by atoms with Gasteiger partial charge < -0.3 is 21.1 Å². The Bertz CT molecular complexity index is 949. The zero-order chi connectivity index (χ0) is 21.9. The second-order valence-corrected chi connectivity index (χ2v) is 8.45. The molecule has 2 aromatic carbocycles. The van der Waals surface area contributed by atoms with Crippen LogP contribution in [0.2, 0.25) is 10.0 Å². The molecule has 0 bridgehead atoms. The molecule has 1 aliphatic heterocycles. The van der Waals surface area contributed by atoms with Gasteiger partial charge in [0.05, 0.1) is 0 Å². The first kappa shape index (κ1) is 22.6. The number of carbonyl (C=O) groups excluding carboxylic acids is 2. The van der Waals surface area contributed by atoms with E-state index in [2.05, 4.69) is 5.32 Å². The number of nitrogens with one attached hydrogen (secondary N) is 1. The number of halogens is 2. The molecule has 6 nitrogen and oxygen atoms in total. The number of rotatable bonds is 6. The first-order valence-corrected chi connectivity index (χ1v) is 10.5. The number of likely N-dealkylation sites (tertiary alicyclic amines) is 1. The summed E-state index contributed by atoms with van der Waals surface area (Å²) in [4.78, 5) is 27.4. The molecule has 1 heterocycles. The van der Waals surface area contributed by atoms with Crippen LogP contribution in [-0.4, -0.2) is 34.4 Å². The van der Waals surface area contributed by atoms with Gasteiger partial charge in [0, 0.05) is 29.7 Å². The first-order chi connectivity index (χ1) is 14.2. The maximum Gasteiger partial charge on any atom is 0.259 e. The van der Waals surface area contributed by atoms with Gasteiger partial charge in [0.2, 0.25) is 5.91 Å². The zero-order valence-electron chi connectivity index (χ0n) is 16.7. The van der Waals surface area contributed by atoms with E-state index in [1.165, 1.54) is 11.8 Å². The van der Waals surface area contributed by atoms with E-state index in [-0.39, 0.29) is 12.5 Å².